The lowest BCUT2D eigenvalue weighted by Gasteiger charge is -2.57. The number of fused-ring (bicyclic) bond motifs is 9. The van der Waals surface area contributed by atoms with Crippen LogP contribution in [0.1, 0.15) is 73.5 Å². The topological polar surface area (TPSA) is 99.9 Å². The number of aromatic nitrogens is 2. The van der Waals surface area contributed by atoms with Crippen molar-refractivity contribution in [3.05, 3.63) is 76.1 Å². The van der Waals surface area contributed by atoms with E-state index in [1.807, 2.05) is 0 Å². The van der Waals surface area contributed by atoms with Crippen molar-refractivity contribution in [1.29, 1.82) is 0 Å². The summed E-state index contributed by atoms with van der Waals surface area (Å²) >= 11 is 0. The fourth-order valence-corrected chi connectivity index (χ4v) is 12.1. The van der Waals surface area contributed by atoms with Gasteiger partial charge in [0.25, 0.3) is 0 Å². The van der Waals surface area contributed by atoms with E-state index in [4.69, 9.17) is 14.2 Å². The van der Waals surface area contributed by atoms with Gasteiger partial charge in [0.05, 0.1) is 27.2 Å². The Kier molecular flexibility index (Phi) is 8.12. The highest BCUT2D eigenvalue weighted by molar-refractivity contribution is 5.93. The molecule has 9 atom stereocenters. The number of ether oxygens (including phenoxy) is 3. The summed E-state index contributed by atoms with van der Waals surface area (Å²) in [6, 6.07) is 13.2. The van der Waals surface area contributed by atoms with E-state index in [1.165, 1.54) is 41.3 Å². The van der Waals surface area contributed by atoms with Crippen LogP contribution in [0.2, 0.25) is 0 Å². The Bertz CT molecular complexity index is 2110. The Hall–Kier alpha value is -4.08. The number of hydrogen-bond donors (Lipinski definition) is 2. The third kappa shape index (κ3) is 4.67. The summed E-state index contributed by atoms with van der Waals surface area (Å²) in [5, 5.41) is 2.32. The maximum absolute atomic E-state index is 14.2. The number of likely N-dealkylation sites (tertiary alicyclic amines) is 1. The predicted molar refractivity (Wildman–Crippen MR) is 202 cm³/mol. The summed E-state index contributed by atoms with van der Waals surface area (Å²) in [4.78, 5) is 40.8. The number of carbonyl (C=O) groups excluding carboxylic acids is 2. The zero-order valence-electron chi connectivity index (χ0n) is 31.4. The number of rotatable bonds is 5. The number of nitrogens with one attached hydrogen (secondary N) is 2. The van der Waals surface area contributed by atoms with Gasteiger partial charge in [0, 0.05) is 76.4 Å². The molecule has 274 valence electrons. The van der Waals surface area contributed by atoms with Crippen LogP contribution in [0.3, 0.4) is 0 Å². The fourth-order valence-electron chi connectivity index (χ4n) is 12.1. The number of para-hydroxylation sites is 1. The number of aromatic amines is 2. The molecule has 2 aromatic carbocycles. The molecular formula is C43H52N4O5. The molecule has 2 aromatic heterocycles. The normalized spacial score (nSPS) is 33.2. The monoisotopic (exact) mass is 704 g/mol. The molecule has 2 aliphatic carbocycles. The van der Waals surface area contributed by atoms with Crippen LogP contribution in [0.15, 0.2) is 48.0 Å². The van der Waals surface area contributed by atoms with Gasteiger partial charge in [-0.3, -0.25) is 19.4 Å². The molecule has 1 saturated carbocycles. The number of methoxy groups -OCH3 is 3. The Morgan fingerprint density at radius 3 is 2.60 bits per heavy atom. The second-order valence-electron chi connectivity index (χ2n) is 16.3. The summed E-state index contributed by atoms with van der Waals surface area (Å²) in [5.41, 5.74) is 8.48. The summed E-state index contributed by atoms with van der Waals surface area (Å²) in [5.74, 6) is 1.11. The molecule has 6 aliphatic rings. The molecule has 3 saturated heterocycles. The minimum absolute atomic E-state index is 0.00122. The molecule has 52 heavy (non-hydrogen) atoms. The molecule has 9 nitrogen and oxygen atoms in total. The second-order valence-corrected chi connectivity index (χ2v) is 16.3. The number of benzene rings is 2. The Balaban J connectivity index is 1.27. The van der Waals surface area contributed by atoms with E-state index < -0.39 is 5.41 Å². The Morgan fingerprint density at radius 2 is 1.85 bits per heavy atom. The van der Waals surface area contributed by atoms with Crippen LogP contribution in [0.4, 0.5) is 0 Å². The predicted octanol–water partition coefficient (Wildman–Crippen LogP) is 6.49. The van der Waals surface area contributed by atoms with E-state index in [1.54, 1.807) is 14.2 Å². The molecule has 6 bridgehead atoms. The Labute approximate surface area is 306 Å². The lowest BCUT2D eigenvalue weighted by molar-refractivity contribution is -0.162. The first-order chi connectivity index (χ1) is 25.3. The van der Waals surface area contributed by atoms with Crippen molar-refractivity contribution in [2.75, 3.05) is 48.0 Å². The largest absolute Gasteiger partial charge is 0.496 e. The number of allylic oxidation sites excluding steroid dienone is 1. The van der Waals surface area contributed by atoms with Gasteiger partial charge < -0.3 is 24.2 Å². The first-order valence-electron chi connectivity index (χ1n) is 19.3. The number of likely N-dealkylation sites (N-methyl/N-ethyl adjacent to an activating group) is 1. The van der Waals surface area contributed by atoms with Crippen LogP contribution in [0.25, 0.3) is 21.8 Å². The van der Waals surface area contributed by atoms with E-state index in [0.717, 1.165) is 85.2 Å². The lowest BCUT2D eigenvalue weighted by Crippen LogP contribution is -2.67. The minimum atomic E-state index is -0.725. The Morgan fingerprint density at radius 1 is 1.02 bits per heavy atom. The second kappa shape index (κ2) is 12.5. The SMILES string of the molecule is C/C=C1/CN(C)[C@H]2Cc3c([nH]c4ccccc34)[C@@H](c3cc4[nH]c5c(c4cc3OC)CCN3C[C@@H]4C[C@@H](CC)C3[C@]5(C(=O)OC)C4)C[C@@H]1C2C(=O)OC. The van der Waals surface area contributed by atoms with Gasteiger partial charge in [-0.1, -0.05) is 43.2 Å². The smallest absolute Gasteiger partial charge is 0.319 e. The number of esters is 2. The van der Waals surface area contributed by atoms with Crippen LogP contribution in [0, 0.1) is 23.7 Å². The molecule has 6 heterocycles. The maximum Gasteiger partial charge on any atom is 0.319 e. The van der Waals surface area contributed by atoms with Gasteiger partial charge in [-0.2, -0.15) is 0 Å². The van der Waals surface area contributed by atoms with Crippen LogP contribution in [-0.2, 0) is 37.3 Å². The van der Waals surface area contributed by atoms with Crippen molar-refractivity contribution >= 4 is 33.7 Å². The molecule has 4 fully saturated rings. The van der Waals surface area contributed by atoms with Crippen molar-refractivity contribution in [2.24, 2.45) is 23.7 Å². The molecule has 0 amide bonds. The average molecular weight is 705 g/mol. The molecular weight excluding hydrogens is 652 g/mol. The number of carbonyl (C=O) groups is 2. The van der Waals surface area contributed by atoms with E-state index >= 15 is 0 Å². The van der Waals surface area contributed by atoms with Gasteiger partial charge in [0.2, 0.25) is 0 Å². The minimum Gasteiger partial charge on any atom is -0.496 e. The maximum atomic E-state index is 14.2. The van der Waals surface area contributed by atoms with Crippen molar-refractivity contribution < 1.29 is 23.8 Å². The highest BCUT2D eigenvalue weighted by Gasteiger charge is 2.62. The van der Waals surface area contributed by atoms with E-state index in [-0.39, 0.29) is 41.8 Å². The first kappa shape index (κ1) is 33.7. The summed E-state index contributed by atoms with van der Waals surface area (Å²) in [6.45, 7) is 7.17. The van der Waals surface area contributed by atoms with Crippen molar-refractivity contribution in [3.8, 4) is 5.75 Å². The van der Waals surface area contributed by atoms with Crippen molar-refractivity contribution in [3.63, 3.8) is 0 Å². The number of hydrogen-bond acceptors (Lipinski definition) is 7. The van der Waals surface area contributed by atoms with Gasteiger partial charge >= 0.3 is 11.9 Å². The van der Waals surface area contributed by atoms with E-state index in [0.29, 0.717) is 11.8 Å². The van der Waals surface area contributed by atoms with Crippen LogP contribution in [0.5, 0.6) is 5.75 Å². The van der Waals surface area contributed by atoms with Crippen LogP contribution in [-0.4, -0.2) is 91.8 Å². The van der Waals surface area contributed by atoms with Crippen LogP contribution >= 0.6 is 0 Å². The molecule has 10 rings (SSSR count). The molecule has 0 radical (unpaired) electrons. The van der Waals surface area contributed by atoms with Crippen LogP contribution < -0.4 is 4.74 Å². The van der Waals surface area contributed by atoms with Gasteiger partial charge in [-0.25, -0.2) is 0 Å². The van der Waals surface area contributed by atoms with Gasteiger partial charge in [-0.05, 0) is 93.2 Å². The highest BCUT2D eigenvalue weighted by atomic mass is 16.5. The number of H-pyrrole nitrogens is 2. The van der Waals surface area contributed by atoms with E-state index in [9.17, 15) is 9.59 Å². The quantitative estimate of drug-likeness (QED) is 0.181. The standard InChI is InChI=1S/C43H52N4O5/c1-7-24-15-23-20-43(42(49)52-6)39-27(13-14-47(21-23)40(24)43)29-19-36(50-4)30(17-34(29)45-39)31-16-28-25(8-2)22-46(3)35(37(28)41(48)51-5)18-32-26-11-9-10-12-33(26)44-38(31)32/h8-12,17,19,23-24,28,31,35,37,40,44-45H,7,13-16,18,20-22H2,1-6H3/b25-8-/t23-,24-,28+,31-,35+,37?,40?,43+/m1/s1. The highest BCUT2D eigenvalue weighted by Crippen LogP contribution is 2.56. The van der Waals surface area contributed by atoms with Gasteiger partial charge in [0.1, 0.15) is 11.2 Å². The van der Waals surface area contributed by atoms with E-state index in [2.05, 4.69) is 83.1 Å². The van der Waals surface area contributed by atoms with Gasteiger partial charge in [0.15, 0.2) is 0 Å². The third-order valence-electron chi connectivity index (χ3n) is 14.1. The number of piperidine rings is 3. The summed E-state index contributed by atoms with van der Waals surface area (Å²) in [7, 11) is 6.99. The molecule has 3 unspecified atom stereocenters. The molecule has 9 heteroatoms. The summed E-state index contributed by atoms with van der Waals surface area (Å²) in [6.07, 6.45) is 7.59. The van der Waals surface area contributed by atoms with Crippen molar-refractivity contribution in [2.45, 2.75) is 75.8 Å². The first-order valence-corrected chi connectivity index (χ1v) is 19.3. The number of nitrogens with zero attached hydrogens (tertiary/aromatic N) is 2. The molecule has 4 aromatic rings. The molecule has 2 N–H and O–H groups in total. The average Bonchev–Trinajstić information content (AvgIpc) is 3.69. The zero-order valence-corrected chi connectivity index (χ0v) is 31.4. The fraction of sp³-hybridized carbons (Fsp3) is 0.535. The van der Waals surface area contributed by atoms with Gasteiger partial charge in [-0.15, -0.1) is 0 Å². The van der Waals surface area contributed by atoms with Crippen molar-refractivity contribution in [1.82, 2.24) is 19.8 Å². The molecule has 4 aliphatic heterocycles. The lowest BCUT2D eigenvalue weighted by atomic mass is 9.56. The zero-order chi connectivity index (χ0) is 36.1. The summed E-state index contributed by atoms with van der Waals surface area (Å²) < 4.78 is 17.6. The molecule has 0 spiro atoms. The third-order valence-corrected chi connectivity index (χ3v) is 14.1.